The molecule has 0 fully saturated rings. The van der Waals surface area contributed by atoms with Gasteiger partial charge < -0.3 is 19.5 Å². The zero-order valence-corrected chi connectivity index (χ0v) is 14.8. The second kappa shape index (κ2) is 9.28. The van der Waals surface area contributed by atoms with Gasteiger partial charge in [0.25, 0.3) is 0 Å². The van der Waals surface area contributed by atoms with Gasteiger partial charge in [0, 0.05) is 13.1 Å². The van der Waals surface area contributed by atoms with Crippen LogP contribution in [0.4, 0.5) is 0 Å². The first kappa shape index (κ1) is 19.1. The van der Waals surface area contributed by atoms with Gasteiger partial charge in [-0.05, 0) is 30.2 Å². The highest BCUT2D eigenvalue weighted by molar-refractivity contribution is 5.85. The van der Waals surface area contributed by atoms with Crippen molar-refractivity contribution in [1.29, 1.82) is 0 Å². The quantitative estimate of drug-likeness (QED) is 0.835. The lowest BCUT2D eigenvalue weighted by atomic mass is 10.1. The summed E-state index contributed by atoms with van der Waals surface area (Å²) in [5.74, 6) is 1.97. The molecule has 2 aromatic rings. The highest BCUT2D eigenvalue weighted by Gasteiger charge is 2.12. The van der Waals surface area contributed by atoms with Crippen molar-refractivity contribution in [2.45, 2.75) is 20.0 Å². The van der Waals surface area contributed by atoms with E-state index in [1.165, 1.54) is 11.1 Å². The summed E-state index contributed by atoms with van der Waals surface area (Å²) < 4.78 is 16.1. The number of halogens is 1. The molecule has 0 bridgehead atoms. The summed E-state index contributed by atoms with van der Waals surface area (Å²) in [5, 5.41) is 3.43. The molecule has 0 aliphatic rings. The van der Waals surface area contributed by atoms with Gasteiger partial charge in [0.2, 0.25) is 5.75 Å². The number of hydrogen-bond donors (Lipinski definition) is 1. The van der Waals surface area contributed by atoms with Crippen LogP contribution in [-0.4, -0.2) is 21.3 Å². The van der Waals surface area contributed by atoms with Gasteiger partial charge in [-0.15, -0.1) is 12.4 Å². The fraction of sp³-hybridized carbons (Fsp3) is 0.333. The summed E-state index contributed by atoms with van der Waals surface area (Å²) in [6, 6.07) is 12.4. The predicted octanol–water partition coefficient (Wildman–Crippen LogP) is 3.73. The second-order valence-corrected chi connectivity index (χ2v) is 5.12. The Morgan fingerprint density at radius 2 is 1.30 bits per heavy atom. The molecular weight excluding hydrogens is 314 g/mol. The largest absolute Gasteiger partial charge is 0.493 e. The average molecular weight is 338 g/mol. The zero-order valence-electron chi connectivity index (χ0n) is 14.0. The van der Waals surface area contributed by atoms with Gasteiger partial charge in [-0.2, -0.15) is 0 Å². The molecule has 126 valence electrons. The lowest BCUT2D eigenvalue weighted by Gasteiger charge is -2.14. The van der Waals surface area contributed by atoms with Crippen LogP contribution in [-0.2, 0) is 13.1 Å². The normalized spacial score (nSPS) is 9.91. The van der Waals surface area contributed by atoms with Gasteiger partial charge in [-0.25, -0.2) is 0 Å². The van der Waals surface area contributed by atoms with E-state index < -0.39 is 0 Å². The number of nitrogens with one attached hydrogen (secondary N) is 1. The summed E-state index contributed by atoms with van der Waals surface area (Å²) in [4.78, 5) is 0. The van der Waals surface area contributed by atoms with Crippen molar-refractivity contribution in [2.75, 3.05) is 21.3 Å². The van der Waals surface area contributed by atoms with E-state index in [0.29, 0.717) is 17.2 Å². The van der Waals surface area contributed by atoms with Crippen LogP contribution in [0.5, 0.6) is 17.2 Å². The second-order valence-electron chi connectivity index (χ2n) is 5.12. The van der Waals surface area contributed by atoms with E-state index in [-0.39, 0.29) is 12.4 Å². The van der Waals surface area contributed by atoms with Gasteiger partial charge in [0.15, 0.2) is 11.5 Å². The summed E-state index contributed by atoms with van der Waals surface area (Å²) in [5.41, 5.74) is 3.62. The molecule has 2 rings (SSSR count). The molecule has 2 aromatic carbocycles. The van der Waals surface area contributed by atoms with Gasteiger partial charge in [-0.1, -0.05) is 29.8 Å². The third-order valence-corrected chi connectivity index (χ3v) is 3.50. The molecule has 4 nitrogen and oxygen atoms in total. The summed E-state index contributed by atoms with van der Waals surface area (Å²) in [6.07, 6.45) is 0. The monoisotopic (exact) mass is 337 g/mol. The lowest BCUT2D eigenvalue weighted by Crippen LogP contribution is -2.13. The van der Waals surface area contributed by atoms with Crippen molar-refractivity contribution in [3.63, 3.8) is 0 Å². The Balaban J connectivity index is 0.00000264. The van der Waals surface area contributed by atoms with E-state index >= 15 is 0 Å². The van der Waals surface area contributed by atoms with Crippen molar-refractivity contribution < 1.29 is 14.2 Å². The molecule has 0 saturated carbocycles. The first-order chi connectivity index (χ1) is 10.7. The molecule has 23 heavy (non-hydrogen) atoms. The first-order valence-electron chi connectivity index (χ1n) is 7.23. The number of benzene rings is 2. The Kier molecular flexibility index (Phi) is 7.72. The summed E-state index contributed by atoms with van der Waals surface area (Å²) >= 11 is 0. The van der Waals surface area contributed by atoms with Crippen LogP contribution in [0, 0.1) is 6.92 Å². The van der Waals surface area contributed by atoms with Crippen LogP contribution >= 0.6 is 12.4 Å². The number of ether oxygens (including phenoxy) is 3. The Bertz CT molecular complexity index is 589. The molecule has 5 heteroatoms. The predicted molar refractivity (Wildman–Crippen MR) is 95.1 cm³/mol. The van der Waals surface area contributed by atoms with Gasteiger partial charge in [-0.3, -0.25) is 0 Å². The van der Waals surface area contributed by atoms with Crippen LogP contribution in [0.25, 0.3) is 0 Å². The fourth-order valence-corrected chi connectivity index (χ4v) is 2.29. The Morgan fingerprint density at radius 1 is 0.783 bits per heavy atom. The van der Waals surface area contributed by atoms with Crippen molar-refractivity contribution >= 4 is 12.4 Å². The minimum Gasteiger partial charge on any atom is -0.493 e. The van der Waals surface area contributed by atoms with Crippen LogP contribution < -0.4 is 19.5 Å². The maximum Gasteiger partial charge on any atom is 0.203 e. The standard InChI is InChI=1S/C18H23NO3.ClH/c1-13-5-7-14(8-6-13)11-19-12-15-9-16(20-2)18(22-4)17(10-15)21-3;/h5-10,19H,11-12H2,1-4H3;1H. The fourth-order valence-electron chi connectivity index (χ4n) is 2.29. The van der Waals surface area contributed by atoms with E-state index in [0.717, 1.165) is 18.7 Å². The van der Waals surface area contributed by atoms with Gasteiger partial charge in [0.1, 0.15) is 0 Å². The molecule has 0 radical (unpaired) electrons. The highest BCUT2D eigenvalue weighted by atomic mass is 35.5. The van der Waals surface area contributed by atoms with Crippen LogP contribution in [0.2, 0.25) is 0 Å². The molecule has 0 aliphatic heterocycles. The Labute approximate surface area is 144 Å². The molecular formula is C18H24ClNO3. The van der Waals surface area contributed by atoms with Crippen molar-refractivity contribution in [3.8, 4) is 17.2 Å². The molecule has 0 heterocycles. The minimum absolute atomic E-state index is 0. The molecule has 0 amide bonds. The third-order valence-electron chi connectivity index (χ3n) is 3.50. The first-order valence-corrected chi connectivity index (χ1v) is 7.23. The molecule has 0 unspecified atom stereocenters. The summed E-state index contributed by atoms with van der Waals surface area (Å²) in [7, 11) is 4.86. The van der Waals surface area contributed by atoms with E-state index in [1.54, 1.807) is 21.3 Å². The van der Waals surface area contributed by atoms with Crippen LogP contribution in [0.15, 0.2) is 36.4 Å². The van der Waals surface area contributed by atoms with E-state index in [4.69, 9.17) is 14.2 Å². The molecule has 0 spiro atoms. The summed E-state index contributed by atoms with van der Waals surface area (Å²) in [6.45, 7) is 3.63. The smallest absolute Gasteiger partial charge is 0.203 e. The van der Waals surface area contributed by atoms with Crippen LogP contribution in [0.1, 0.15) is 16.7 Å². The highest BCUT2D eigenvalue weighted by Crippen LogP contribution is 2.38. The molecule has 0 atom stereocenters. The SMILES string of the molecule is COc1cc(CNCc2ccc(C)cc2)cc(OC)c1OC.Cl. The maximum atomic E-state index is 5.36. The van der Waals surface area contributed by atoms with E-state index in [1.807, 2.05) is 12.1 Å². The zero-order chi connectivity index (χ0) is 15.9. The Morgan fingerprint density at radius 3 is 1.78 bits per heavy atom. The molecule has 1 N–H and O–H groups in total. The molecule has 0 aromatic heterocycles. The number of rotatable bonds is 7. The topological polar surface area (TPSA) is 39.7 Å². The van der Waals surface area contributed by atoms with Gasteiger partial charge >= 0.3 is 0 Å². The molecule has 0 saturated heterocycles. The third kappa shape index (κ3) is 5.05. The van der Waals surface area contributed by atoms with E-state index in [2.05, 4.69) is 36.5 Å². The van der Waals surface area contributed by atoms with Crippen molar-refractivity contribution in [3.05, 3.63) is 53.1 Å². The average Bonchev–Trinajstić information content (AvgIpc) is 2.55. The number of hydrogen-bond acceptors (Lipinski definition) is 4. The van der Waals surface area contributed by atoms with Crippen molar-refractivity contribution in [2.24, 2.45) is 0 Å². The number of aryl methyl sites for hydroxylation is 1. The minimum atomic E-state index is 0. The lowest BCUT2D eigenvalue weighted by molar-refractivity contribution is 0.323. The molecule has 0 aliphatic carbocycles. The number of methoxy groups -OCH3 is 3. The van der Waals surface area contributed by atoms with Gasteiger partial charge in [0.05, 0.1) is 21.3 Å². The van der Waals surface area contributed by atoms with Crippen molar-refractivity contribution in [1.82, 2.24) is 5.32 Å². The van der Waals surface area contributed by atoms with Crippen LogP contribution in [0.3, 0.4) is 0 Å². The van der Waals surface area contributed by atoms with E-state index in [9.17, 15) is 0 Å². The maximum absolute atomic E-state index is 5.36. The Hall–Kier alpha value is -1.91.